The van der Waals surface area contributed by atoms with Crippen molar-refractivity contribution in [2.45, 2.75) is 69.9 Å². The van der Waals surface area contributed by atoms with E-state index in [0.717, 1.165) is 24.5 Å². The van der Waals surface area contributed by atoms with Crippen molar-refractivity contribution >= 4 is 23.4 Å². The molecule has 1 unspecified atom stereocenters. The van der Waals surface area contributed by atoms with Crippen LogP contribution in [0, 0.1) is 17.6 Å². The SMILES string of the molecule is CCCCO[C@H]1CN[C@@H]([C@@H](O)[C@H](Cc2cc(F)cc(F)c2)NC(=O)C2CC(=O)N(Cc3ccc(Cl)cc3)C2)C1. The molecule has 39 heavy (non-hydrogen) atoms. The molecule has 0 bridgehead atoms. The Kier molecular flexibility index (Phi) is 10.3. The highest BCUT2D eigenvalue weighted by Gasteiger charge is 2.39. The van der Waals surface area contributed by atoms with Gasteiger partial charge in [-0.05, 0) is 54.7 Å². The maximum Gasteiger partial charge on any atom is 0.225 e. The molecule has 2 heterocycles. The van der Waals surface area contributed by atoms with Crippen LogP contribution in [-0.2, 0) is 27.3 Å². The zero-order chi connectivity index (χ0) is 27.9. The van der Waals surface area contributed by atoms with Crippen molar-refractivity contribution in [3.05, 3.63) is 70.2 Å². The maximum absolute atomic E-state index is 13.9. The van der Waals surface area contributed by atoms with Crippen molar-refractivity contribution in [2.24, 2.45) is 5.92 Å². The van der Waals surface area contributed by atoms with Crippen LogP contribution >= 0.6 is 11.6 Å². The smallest absolute Gasteiger partial charge is 0.225 e. The van der Waals surface area contributed by atoms with Gasteiger partial charge in [0, 0.05) is 49.8 Å². The molecule has 2 aromatic carbocycles. The average molecular weight is 564 g/mol. The van der Waals surface area contributed by atoms with E-state index in [1.54, 1.807) is 17.0 Å². The number of hydrogen-bond acceptors (Lipinski definition) is 5. The number of aliphatic hydroxyl groups is 1. The van der Waals surface area contributed by atoms with Gasteiger partial charge in [-0.15, -0.1) is 0 Å². The molecule has 2 saturated heterocycles. The Balaban J connectivity index is 1.42. The lowest BCUT2D eigenvalue weighted by Crippen LogP contribution is -2.53. The van der Waals surface area contributed by atoms with Gasteiger partial charge >= 0.3 is 0 Å². The van der Waals surface area contributed by atoms with E-state index in [4.69, 9.17) is 16.3 Å². The number of rotatable bonds is 12. The molecule has 2 aromatic rings. The Morgan fingerprint density at radius 3 is 2.62 bits per heavy atom. The maximum atomic E-state index is 13.9. The highest BCUT2D eigenvalue weighted by Crippen LogP contribution is 2.23. The normalized spacial score (nSPS) is 22.7. The number of carbonyl (C=O) groups is 2. The van der Waals surface area contributed by atoms with Gasteiger partial charge in [0.25, 0.3) is 0 Å². The van der Waals surface area contributed by atoms with Gasteiger partial charge in [0.2, 0.25) is 11.8 Å². The summed E-state index contributed by atoms with van der Waals surface area (Å²) in [5.74, 6) is -2.58. The predicted molar refractivity (Wildman–Crippen MR) is 144 cm³/mol. The molecule has 0 radical (unpaired) electrons. The van der Waals surface area contributed by atoms with Crippen LogP contribution in [0.3, 0.4) is 0 Å². The molecule has 0 aromatic heterocycles. The monoisotopic (exact) mass is 563 g/mol. The van der Waals surface area contributed by atoms with E-state index < -0.39 is 29.7 Å². The van der Waals surface area contributed by atoms with Gasteiger partial charge in [-0.3, -0.25) is 9.59 Å². The van der Waals surface area contributed by atoms with Crippen molar-refractivity contribution in [2.75, 3.05) is 19.7 Å². The summed E-state index contributed by atoms with van der Waals surface area (Å²) in [6.07, 6.45) is 1.48. The molecule has 2 aliphatic heterocycles. The molecule has 0 spiro atoms. The third-order valence-electron chi connectivity index (χ3n) is 7.38. The number of carbonyl (C=O) groups excluding carboxylic acids is 2. The molecular formula is C29H36ClF2N3O4. The van der Waals surface area contributed by atoms with Gasteiger partial charge in [-0.25, -0.2) is 8.78 Å². The first-order valence-corrected chi connectivity index (χ1v) is 13.9. The Hall–Kier alpha value is -2.59. The van der Waals surface area contributed by atoms with Gasteiger partial charge in [-0.1, -0.05) is 37.1 Å². The van der Waals surface area contributed by atoms with E-state index in [9.17, 15) is 23.5 Å². The zero-order valence-electron chi connectivity index (χ0n) is 22.0. The summed E-state index contributed by atoms with van der Waals surface area (Å²) < 4.78 is 33.7. The van der Waals surface area contributed by atoms with E-state index in [2.05, 4.69) is 17.6 Å². The van der Waals surface area contributed by atoms with Gasteiger partial charge in [0.1, 0.15) is 11.6 Å². The number of hydrogen-bond donors (Lipinski definition) is 3. The van der Waals surface area contributed by atoms with Crippen LogP contribution in [0.4, 0.5) is 8.78 Å². The van der Waals surface area contributed by atoms with Crippen LogP contribution in [0.25, 0.3) is 0 Å². The van der Waals surface area contributed by atoms with E-state index in [1.165, 1.54) is 12.1 Å². The molecule has 0 saturated carbocycles. The standard InChI is InChI=1S/C29H36ClF2N3O4/c1-2-3-8-39-24-14-25(33-15-24)28(37)26(11-19-9-22(31)13-23(32)10-19)34-29(38)20-12-27(36)35(17-20)16-18-4-6-21(30)7-5-18/h4-7,9-10,13,20,24-26,28,33,37H,2-3,8,11-12,14-17H2,1H3,(H,34,38)/t20?,24-,25-,26+,28-/m1/s1. The topological polar surface area (TPSA) is 90.9 Å². The molecule has 2 aliphatic rings. The van der Waals surface area contributed by atoms with Crippen molar-refractivity contribution in [3.8, 4) is 0 Å². The Morgan fingerprint density at radius 2 is 1.92 bits per heavy atom. The predicted octanol–water partition coefficient (Wildman–Crippen LogP) is 3.60. The fraction of sp³-hybridized carbons (Fsp3) is 0.517. The second-order valence-corrected chi connectivity index (χ2v) is 10.9. The van der Waals surface area contributed by atoms with Crippen LogP contribution in [0.15, 0.2) is 42.5 Å². The number of ether oxygens (including phenoxy) is 1. The lowest BCUT2D eigenvalue weighted by molar-refractivity contribution is -0.129. The average Bonchev–Trinajstić information content (AvgIpc) is 3.51. The van der Waals surface area contributed by atoms with Crippen molar-refractivity contribution in [3.63, 3.8) is 0 Å². The van der Waals surface area contributed by atoms with Crippen LogP contribution in [0.1, 0.15) is 43.7 Å². The van der Waals surface area contributed by atoms with Crippen molar-refractivity contribution in [1.82, 2.24) is 15.5 Å². The molecule has 5 atom stereocenters. The van der Waals surface area contributed by atoms with Crippen LogP contribution in [0.2, 0.25) is 5.02 Å². The summed E-state index contributed by atoms with van der Waals surface area (Å²) in [6, 6.07) is 9.14. The molecular weight excluding hydrogens is 528 g/mol. The number of aliphatic hydroxyl groups excluding tert-OH is 1. The second kappa shape index (κ2) is 13.7. The summed E-state index contributed by atoms with van der Waals surface area (Å²) in [6.45, 7) is 3.88. The fourth-order valence-corrected chi connectivity index (χ4v) is 5.37. The quantitative estimate of drug-likeness (QED) is 0.343. The zero-order valence-corrected chi connectivity index (χ0v) is 22.8. The number of amides is 2. The first-order chi connectivity index (χ1) is 18.7. The molecule has 7 nitrogen and oxygen atoms in total. The number of unbranched alkanes of at least 4 members (excludes halogenated alkanes) is 1. The van der Waals surface area contributed by atoms with Gasteiger partial charge in [0.05, 0.1) is 24.2 Å². The number of nitrogens with zero attached hydrogens (tertiary/aromatic N) is 1. The summed E-state index contributed by atoms with van der Waals surface area (Å²) in [5.41, 5.74) is 1.22. The minimum Gasteiger partial charge on any atom is -0.389 e. The second-order valence-electron chi connectivity index (χ2n) is 10.5. The molecule has 0 aliphatic carbocycles. The van der Waals surface area contributed by atoms with Gasteiger partial charge in [0.15, 0.2) is 0 Å². The first-order valence-electron chi connectivity index (χ1n) is 13.5. The van der Waals surface area contributed by atoms with Crippen LogP contribution in [0.5, 0.6) is 0 Å². The number of likely N-dealkylation sites (tertiary alicyclic amines) is 1. The Labute approximate surface area is 232 Å². The summed E-state index contributed by atoms with van der Waals surface area (Å²) in [5, 5.41) is 18.1. The largest absolute Gasteiger partial charge is 0.389 e. The molecule has 4 rings (SSSR count). The molecule has 2 amide bonds. The first kappa shape index (κ1) is 29.4. The van der Waals surface area contributed by atoms with Crippen LogP contribution in [-0.4, -0.2) is 65.8 Å². The summed E-state index contributed by atoms with van der Waals surface area (Å²) in [7, 11) is 0. The third-order valence-corrected chi connectivity index (χ3v) is 7.63. The van der Waals surface area contributed by atoms with Crippen molar-refractivity contribution in [1.29, 1.82) is 0 Å². The summed E-state index contributed by atoms with van der Waals surface area (Å²) in [4.78, 5) is 27.6. The fourth-order valence-electron chi connectivity index (χ4n) is 5.25. The molecule has 3 N–H and O–H groups in total. The molecule has 10 heteroatoms. The molecule has 2 fully saturated rings. The van der Waals surface area contributed by atoms with Crippen LogP contribution < -0.4 is 10.6 Å². The van der Waals surface area contributed by atoms with E-state index in [-0.39, 0.29) is 43.3 Å². The molecule has 212 valence electrons. The van der Waals surface area contributed by atoms with E-state index in [0.29, 0.717) is 36.7 Å². The van der Waals surface area contributed by atoms with E-state index >= 15 is 0 Å². The number of nitrogens with one attached hydrogen (secondary N) is 2. The Bertz CT molecular complexity index is 1120. The third kappa shape index (κ3) is 8.20. The number of halogens is 3. The number of benzene rings is 2. The highest BCUT2D eigenvalue weighted by molar-refractivity contribution is 6.30. The van der Waals surface area contributed by atoms with E-state index in [1.807, 2.05) is 12.1 Å². The van der Waals surface area contributed by atoms with Gasteiger partial charge in [-0.2, -0.15) is 0 Å². The Morgan fingerprint density at radius 1 is 1.21 bits per heavy atom. The van der Waals surface area contributed by atoms with Crippen molar-refractivity contribution < 1.29 is 28.2 Å². The minimum atomic E-state index is -1.04. The lowest BCUT2D eigenvalue weighted by atomic mass is 9.94. The lowest BCUT2D eigenvalue weighted by Gasteiger charge is -2.29. The highest BCUT2D eigenvalue weighted by atomic mass is 35.5. The summed E-state index contributed by atoms with van der Waals surface area (Å²) >= 11 is 5.95. The van der Waals surface area contributed by atoms with Gasteiger partial charge < -0.3 is 25.4 Å². The minimum absolute atomic E-state index is 0.0241.